The van der Waals surface area contributed by atoms with Gasteiger partial charge in [-0.1, -0.05) is 18.7 Å². The molecule has 9 heteroatoms. The molecule has 1 aromatic carbocycles. The van der Waals surface area contributed by atoms with E-state index in [1.165, 1.54) is 12.3 Å². The number of hydrogen-bond acceptors (Lipinski definition) is 6. The van der Waals surface area contributed by atoms with Gasteiger partial charge in [0.2, 0.25) is 11.8 Å². The Labute approximate surface area is 189 Å². The molecule has 0 bridgehead atoms. The first-order chi connectivity index (χ1) is 15.1. The van der Waals surface area contributed by atoms with Crippen molar-refractivity contribution in [3.8, 4) is 0 Å². The van der Waals surface area contributed by atoms with Gasteiger partial charge in [-0.15, -0.1) is 0 Å². The SMILES string of the molecule is C=CC(=O)N1CC(N(C)c2cccc3c2CC(C(N)=O)(C2=CCC(S(C)(=O)=O)CC2)N3)C1. The second kappa shape index (κ2) is 7.95. The maximum Gasteiger partial charge on any atom is 0.247 e. The lowest BCUT2D eigenvalue weighted by Crippen LogP contribution is -2.60. The summed E-state index contributed by atoms with van der Waals surface area (Å²) in [5.41, 5.74) is 8.60. The van der Waals surface area contributed by atoms with E-state index in [4.69, 9.17) is 5.73 Å². The smallest absolute Gasteiger partial charge is 0.247 e. The van der Waals surface area contributed by atoms with Crippen LogP contribution in [0.15, 0.2) is 42.5 Å². The number of nitrogens with zero attached hydrogens (tertiary/aromatic N) is 2. The topological polar surface area (TPSA) is 113 Å². The zero-order valence-electron chi connectivity index (χ0n) is 18.5. The molecule has 172 valence electrons. The number of sulfone groups is 1. The summed E-state index contributed by atoms with van der Waals surface area (Å²) in [6, 6.07) is 6.08. The molecule has 2 unspecified atom stereocenters. The quantitative estimate of drug-likeness (QED) is 0.490. The van der Waals surface area contributed by atoms with Crippen molar-refractivity contribution < 1.29 is 18.0 Å². The lowest BCUT2D eigenvalue weighted by Gasteiger charge is -2.45. The predicted molar refractivity (Wildman–Crippen MR) is 125 cm³/mol. The molecule has 1 saturated heterocycles. The Hall–Kier alpha value is -2.81. The molecule has 2 aliphatic heterocycles. The molecular formula is C23H30N4O4S. The fourth-order valence-electron chi connectivity index (χ4n) is 5.04. The van der Waals surface area contributed by atoms with Gasteiger partial charge in [-0.25, -0.2) is 8.42 Å². The number of likely N-dealkylation sites (tertiary alicyclic amines) is 1. The molecule has 2 atom stereocenters. The Morgan fingerprint density at radius 1 is 1.34 bits per heavy atom. The highest BCUT2D eigenvalue weighted by atomic mass is 32.2. The number of rotatable bonds is 6. The van der Waals surface area contributed by atoms with Crippen LogP contribution in [0.5, 0.6) is 0 Å². The van der Waals surface area contributed by atoms with E-state index in [2.05, 4.69) is 16.8 Å². The van der Waals surface area contributed by atoms with Crippen LogP contribution in [0, 0.1) is 0 Å². The highest BCUT2D eigenvalue weighted by molar-refractivity contribution is 7.91. The minimum Gasteiger partial charge on any atom is -0.368 e. The predicted octanol–water partition coefficient (Wildman–Crippen LogP) is 1.24. The highest BCUT2D eigenvalue weighted by Gasteiger charge is 2.47. The van der Waals surface area contributed by atoms with E-state index in [-0.39, 0.29) is 11.9 Å². The third-order valence-electron chi connectivity index (χ3n) is 7.15. The van der Waals surface area contributed by atoms with Crippen molar-refractivity contribution in [1.29, 1.82) is 0 Å². The number of carbonyl (C=O) groups excluding carboxylic acids is 2. The fraction of sp³-hybridized carbons (Fsp3) is 0.478. The number of nitrogens with two attached hydrogens (primary N) is 1. The summed E-state index contributed by atoms with van der Waals surface area (Å²) in [5.74, 6) is -0.531. The van der Waals surface area contributed by atoms with Crippen LogP contribution in [0.3, 0.4) is 0 Å². The molecule has 2 heterocycles. The normalized spacial score (nSPS) is 25.2. The second-order valence-corrected chi connectivity index (χ2v) is 11.4. The molecule has 0 aromatic heterocycles. The Morgan fingerprint density at radius 2 is 2.06 bits per heavy atom. The van der Waals surface area contributed by atoms with Gasteiger partial charge in [0.1, 0.15) is 5.54 Å². The van der Waals surface area contributed by atoms with Crippen molar-refractivity contribution in [2.45, 2.75) is 42.5 Å². The maximum absolute atomic E-state index is 12.7. The van der Waals surface area contributed by atoms with Gasteiger partial charge >= 0.3 is 0 Å². The number of fused-ring (bicyclic) bond motifs is 1. The molecule has 0 saturated carbocycles. The second-order valence-electron chi connectivity index (χ2n) is 9.04. The Morgan fingerprint density at radius 3 is 2.62 bits per heavy atom. The molecule has 1 aliphatic carbocycles. The van der Waals surface area contributed by atoms with Crippen LogP contribution in [0.4, 0.5) is 11.4 Å². The number of allylic oxidation sites excluding steroid dienone is 1. The number of nitrogens with one attached hydrogen (secondary N) is 1. The van der Waals surface area contributed by atoms with Crippen LogP contribution >= 0.6 is 0 Å². The van der Waals surface area contributed by atoms with Gasteiger partial charge < -0.3 is 20.9 Å². The molecular weight excluding hydrogens is 428 g/mol. The zero-order chi connectivity index (χ0) is 23.3. The van der Waals surface area contributed by atoms with E-state index >= 15 is 0 Å². The number of benzene rings is 1. The number of hydrogen-bond donors (Lipinski definition) is 2. The molecule has 1 fully saturated rings. The van der Waals surface area contributed by atoms with Crippen LogP contribution < -0.4 is 16.0 Å². The summed E-state index contributed by atoms with van der Waals surface area (Å²) in [4.78, 5) is 28.4. The summed E-state index contributed by atoms with van der Waals surface area (Å²) < 4.78 is 23.9. The van der Waals surface area contributed by atoms with Gasteiger partial charge in [0, 0.05) is 49.8 Å². The van der Waals surface area contributed by atoms with Crippen LogP contribution in [-0.4, -0.2) is 68.4 Å². The number of amides is 2. The first kappa shape index (κ1) is 22.4. The van der Waals surface area contributed by atoms with Gasteiger partial charge in [0.05, 0.1) is 11.3 Å². The summed E-state index contributed by atoms with van der Waals surface area (Å²) in [5, 5.41) is 2.97. The van der Waals surface area contributed by atoms with E-state index < -0.39 is 26.5 Å². The standard InChI is InChI=1S/C23H30N4O4S/c1-4-21(28)27-13-16(14-27)26(2)20-7-5-6-19-18(20)12-23(25-19,22(24)29)15-8-10-17(11-9-15)32(3,30)31/h4-8,16-17,25H,1,9-14H2,2-3H3,(H2,24,29). The summed E-state index contributed by atoms with van der Waals surface area (Å²) in [7, 11) is -1.13. The molecule has 8 nitrogen and oxygen atoms in total. The van der Waals surface area contributed by atoms with Crippen molar-refractivity contribution in [2.75, 3.05) is 36.6 Å². The third kappa shape index (κ3) is 3.68. The molecule has 2 amide bonds. The first-order valence-electron chi connectivity index (χ1n) is 10.8. The lowest BCUT2D eigenvalue weighted by atomic mass is 9.80. The average Bonchev–Trinajstić information content (AvgIpc) is 3.13. The van der Waals surface area contributed by atoms with E-state index in [0.29, 0.717) is 38.8 Å². The number of likely N-dealkylation sites (N-methyl/N-ethyl adjacent to an activating group) is 1. The number of anilines is 2. The van der Waals surface area contributed by atoms with Crippen LogP contribution in [0.25, 0.3) is 0 Å². The summed E-state index contributed by atoms with van der Waals surface area (Å²) in [6.07, 6.45) is 6.27. The van der Waals surface area contributed by atoms with Crippen molar-refractivity contribution in [3.63, 3.8) is 0 Å². The van der Waals surface area contributed by atoms with Gasteiger partial charge in [-0.3, -0.25) is 9.59 Å². The van der Waals surface area contributed by atoms with Crippen molar-refractivity contribution in [1.82, 2.24) is 4.90 Å². The maximum atomic E-state index is 12.7. The van der Waals surface area contributed by atoms with E-state index in [1.807, 2.05) is 31.3 Å². The highest BCUT2D eigenvalue weighted by Crippen LogP contribution is 2.44. The molecule has 3 aliphatic rings. The number of carbonyl (C=O) groups is 2. The monoisotopic (exact) mass is 458 g/mol. The minimum atomic E-state index is -3.13. The fourth-order valence-corrected chi connectivity index (χ4v) is 6.03. The molecule has 3 N–H and O–H groups in total. The van der Waals surface area contributed by atoms with Gasteiger partial charge in [-0.05, 0) is 43.0 Å². The molecule has 1 aromatic rings. The van der Waals surface area contributed by atoms with Crippen LogP contribution in [0.2, 0.25) is 0 Å². The molecule has 0 spiro atoms. The van der Waals surface area contributed by atoms with Crippen LogP contribution in [-0.2, 0) is 25.8 Å². The lowest BCUT2D eigenvalue weighted by molar-refractivity contribution is -0.130. The van der Waals surface area contributed by atoms with Crippen molar-refractivity contribution >= 4 is 33.0 Å². The van der Waals surface area contributed by atoms with E-state index in [1.54, 1.807) is 4.90 Å². The molecule has 0 radical (unpaired) electrons. The van der Waals surface area contributed by atoms with Gasteiger partial charge in [0.15, 0.2) is 9.84 Å². The summed E-state index contributed by atoms with van der Waals surface area (Å²) in [6.45, 7) is 4.78. The number of primary amides is 1. The van der Waals surface area contributed by atoms with E-state index in [0.717, 1.165) is 22.5 Å². The Bertz CT molecular complexity index is 1110. The first-order valence-corrected chi connectivity index (χ1v) is 12.7. The average molecular weight is 459 g/mol. The molecule has 4 rings (SSSR count). The minimum absolute atomic E-state index is 0.0704. The van der Waals surface area contributed by atoms with Gasteiger partial charge in [0.25, 0.3) is 0 Å². The van der Waals surface area contributed by atoms with Crippen molar-refractivity contribution in [3.05, 3.63) is 48.1 Å². The van der Waals surface area contributed by atoms with Crippen LogP contribution in [0.1, 0.15) is 24.8 Å². The zero-order valence-corrected chi connectivity index (χ0v) is 19.3. The Kier molecular flexibility index (Phi) is 5.56. The van der Waals surface area contributed by atoms with E-state index in [9.17, 15) is 18.0 Å². The Balaban J connectivity index is 1.59. The van der Waals surface area contributed by atoms with Crippen molar-refractivity contribution in [2.24, 2.45) is 5.73 Å². The van der Waals surface area contributed by atoms with Gasteiger partial charge in [-0.2, -0.15) is 0 Å². The molecule has 32 heavy (non-hydrogen) atoms. The summed E-state index contributed by atoms with van der Waals surface area (Å²) >= 11 is 0. The largest absolute Gasteiger partial charge is 0.368 e. The third-order valence-corrected chi connectivity index (χ3v) is 8.79.